The molecule has 0 saturated heterocycles. The minimum atomic E-state index is -0.0796. The number of aromatic nitrogens is 1. The highest BCUT2D eigenvalue weighted by Crippen LogP contribution is 2.28. The van der Waals surface area contributed by atoms with Gasteiger partial charge in [-0.1, -0.05) is 46.6 Å². The summed E-state index contributed by atoms with van der Waals surface area (Å²) in [5, 5.41) is 12.9. The molecule has 0 amide bonds. The first-order chi connectivity index (χ1) is 11.0. The van der Waals surface area contributed by atoms with E-state index in [0.717, 1.165) is 22.9 Å². The van der Waals surface area contributed by atoms with Gasteiger partial charge in [0.1, 0.15) is 0 Å². The summed E-state index contributed by atoms with van der Waals surface area (Å²) in [5.41, 5.74) is 2.51. The Bertz CT molecular complexity index is 735. The van der Waals surface area contributed by atoms with Gasteiger partial charge in [-0.25, -0.2) is 0 Å². The molecule has 1 unspecified atom stereocenters. The van der Waals surface area contributed by atoms with Crippen LogP contribution < -0.4 is 5.56 Å². The fourth-order valence-corrected chi connectivity index (χ4v) is 2.95. The van der Waals surface area contributed by atoms with E-state index in [4.69, 9.17) is 0 Å². The number of hydrogen-bond acceptors (Lipinski definition) is 3. The highest BCUT2D eigenvalue weighted by Gasteiger charge is 2.16. The summed E-state index contributed by atoms with van der Waals surface area (Å²) in [6, 6.07) is 11.5. The first-order valence-corrected chi connectivity index (χ1v) is 8.48. The van der Waals surface area contributed by atoms with Crippen LogP contribution in [0, 0.1) is 0 Å². The van der Waals surface area contributed by atoms with Crippen LogP contribution in [0.15, 0.2) is 57.0 Å². The van der Waals surface area contributed by atoms with Crippen molar-refractivity contribution in [2.24, 2.45) is 12.2 Å². The number of nitrogens with zero attached hydrogens (tertiary/aromatic N) is 2. The van der Waals surface area contributed by atoms with E-state index in [2.05, 4.69) is 40.1 Å². The molecule has 1 heterocycles. The molecule has 122 valence electrons. The third-order valence-electron chi connectivity index (χ3n) is 3.96. The number of aryl methyl sites for hydroxylation is 1. The molecule has 0 radical (unpaired) electrons. The maximum absolute atomic E-state index is 11.5. The highest BCUT2D eigenvalue weighted by molar-refractivity contribution is 9.10. The van der Waals surface area contributed by atoms with Crippen molar-refractivity contribution in [2.45, 2.75) is 32.1 Å². The maximum Gasteiger partial charge on any atom is 0.250 e. The largest absolute Gasteiger partial charge is 0.411 e. The number of benzene rings is 1. The fraction of sp³-hybridized carbons (Fsp3) is 0.333. The molecule has 1 aromatic heterocycles. The quantitative estimate of drug-likeness (QED) is 0.464. The minimum absolute atomic E-state index is 0.0796. The van der Waals surface area contributed by atoms with Crippen LogP contribution in [0.25, 0.3) is 0 Å². The monoisotopic (exact) mass is 376 g/mol. The second-order valence-electron chi connectivity index (χ2n) is 5.65. The molecule has 1 N–H and O–H groups in total. The Labute approximate surface area is 144 Å². The number of oxime groups is 1. The molecule has 0 bridgehead atoms. The third kappa shape index (κ3) is 4.55. The zero-order chi connectivity index (χ0) is 16.8. The van der Waals surface area contributed by atoms with E-state index < -0.39 is 0 Å². The third-order valence-corrected chi connectivity index (χ3v) is 4.49. The summed E-state index contributed by atoms with van der Waals surface area (Å²) in [6.45, 7) is 2.15. The Hall–Kier alpha value is -1.88. The van der Waals surface area contributed by atoms with Crippen LogP contribution in [-0.2, 0) is 7.05 Å². The van der Waals surface area contributed by atoms with Gasteiger partial charge in [0.15, 0.2) is 0 Å². The van der Waals surface area contributed by atoms with Crippen molar-refractivity contribution in [3.05, 3.63) is 68.5 Å². The lowest BCUT2D eigenvalue weighted by atomic mass is 9.88. The lowest BCUT2D eigenvalue weighted by molar-refractivity contribution is 0.317. The maximum atomic E-state index is 11.5. The molecule has 2 aromatic rings. The van der Waals surface area contributed by atoms with Gasteiger partial charge in [-0.15, -0.1) is 0 Å². The molecule has 0 aliphatic rings. The number of rotatable bonds is 6. The molecule has 1 aromatic carbocycles. The van der Waals surface area contributed by atoms with Crippen LogP contribution >= 0.6 is 15.9 Å². The molecule has 0 fully saturated rings. The van der Waals surface area contributed by atoms with Gasteiger partial charge in [-0.3, -0.25) is 4.79 Å². The van der Waals surface area contributed by atoms with Crippen LogP contribution in [0.5, 0.6) is 0 Å². The predicted molar refractivity (Wildman–Crippen MR) is 96.4 cm³/mol. The van der Waals surface area contributed by atoms with Crippen LogP contribution in [0.2, 0.25) is 0 Å². The Kier molecular flexibility index (Phi) is 6.16. The Balaban J connectivity index is 2.27. The van der Waals surface area contributed by atoms with Gasteiger partial charge in [0.25, 0.3) is 0 Å². The molecule has 4 nitrogen and oxygen atoms in total. The Morgan fingerprint density at radius 2 is 1.96 bits per heavy atom. The molecule has 1 atom stereocenters. The molecule has 0 spiro atoms. The van der Waals surface area contributed by atoms with Crippen molar-refractivity contribution in [2.75, 3.05) is 0 Å². The van der Waals surface area contributed by atoms with E-state index in [1.54, 1.807) is 19.3 Å². The lowest BCUT2D eigenvalue weighted by Crippen LogP contribution is -2.18. The molecular weight excluding hydrogens is 356 g/mol. The van der Waals surface area contributed by atoms with Crippen LogP contribution in [0.1, 0.15) is 43.2 Å². The van der Waals surface area contributed by atoms with Gasteiger partial charge < -0.3 is 9.77 Å². The van der Waals surface area contributed by atoms with E-state index in [-0.39, 0.29) is 11.5 Å². The zero-order valence-corrected chi connectivity index (χ0v) is 15.0. The van der Waals surface area contributed by atoms with Gasteiger partial charge >= 0.3 is 0 Å². The van der Waals surface area contributed by atoms with Crippen molar-refractivity contribution in [1.29, 1.82) is 0 Å². The molecule has 0 saturated carbocycles. The van der Waals surface area contributed by atoms with E-state index in [0.29, 0.717) is 12.1 Å². The number of hydrogen-bond donors (Lipinski definition) is 1. The second kappa shape index (κ2) is 8.11. The summed E-state index contributed by atoms with van der Waals surface area (Å²) < 4.78 is 2.54. The van der Waals surface area contributed by atoms with Crippen LogP contribution in [0.4, 0.5) is 0 Å². The number of pyridine rings is 1. The fourth-order valence-electron chi connectivity index (χ4n) is 2.68. The molecule has 0 aliphatic carbocycles. The van der Waals surface area contributed by atoms with Gasteiger partial charge in [-0.05, 0) is 36.1 Å². The van der Waals surface area contributed by atoms with Crippen molar-refractivity contribution < 1.29 is 5.21 Å². The van der Waals surface area contributed by atoms with E-state index in [9.17, 15) is 10.0 Å². The second-order valence-corrected chi connectivity index (χ2v) is 6.57. The van der Waals surface area contributed by atoms with E-state index in [1.807, 2.05) is 12.1 Å². The minimum Gasteiger partial charge on any atom is -0.411 e. The average molecular weight is 377 g/mol. The SMILES string of the molecule is CCCC(CC(=NO)c1ccc(=O)n(C)c1)c1ccc(Br)cc1. The average Bonchev–Trinajstić information content (AvgIpc) is 2.55. The molecule has 2 rings (SSSR count). The molecule has 5 heteroatoms. The predicted octanol–water partition coefficient (Wildman–Crippen LogP) is 4.30. The Morgan fingerprint density at radius 3 is 2.52 bits per heavy atom. The summed E-state index contributed by atoms with van der Waals surface area (Å²) in [4.78, 5) is 11.5. The van der Waals surface area contributed by atoms with Crippen molar-refractivity contribution in [3.63, 3.8) is 0 Å². The molecule has 0 aliphatic heterocycles. The standard InChI is InChI=1S/C18H21BrN2O2/c1-3-4-14(13-5-8-16(19)9-6-13)11-17(20-23)15-7-10-18(22)21(2)12-15/h5-10,12,14,23H,3-4,11H2,1-2H3. The summed E-state index contributed by atoms with van der Waals surface area (Å²) in [6.07, 6.45) is 4.39. The van der Waals surface area contributed by atoms with Crippen molar-refractivity contribution in [3.8, 4) is 0 Å². The topological polar surface area (TPSA) is 54.6 Å². The highest BCUT2D eigenvalue weighted by atomic mass is 79.9. The number of halogens is 1. The lowest BCUT2D eigenvalue weighted by Gasteiger charge is -2.18. The van der Waals surface area contributed by atoms with E-state index in [1.165, 1.54) is 16.2 Å². The van der Waals surface area contributed by atoms with Gasteiger partial charge in [-0.2, -0.15) is 0 Å². The van der Waals surface area contributed by atoms with E-state index >= 15 is 0 Å². The van der Waals surface area contributed by atoms with Crippen LogP contribution in [-0.4, -0.2) is 15.5 Å². The normalized spacial score (nSPS) is 13.1. The first-order valence-electron chi connectivity index (χ1n) is 7.68. The summed E-state index contributed by atoms with van der Waals surface area (Å²) in [5.74, 6) is 0.274. The van der Waals surface area contributed by atoms with Gasteiger partial charge in [0.2, 0.25) is 5.56 Å². The molecular formula is C18H21BrN2O2. The van der Waals surface area contributed by atoms with Gasteiger partial charge in [0.05, 0.1) is 5.71 Å². The molecule has 23 heavy (non-hydrogen) atoms. The Morgan fingerprint density at radius 1 is 1.26 bits per heavy atom. The zero-order valence-electron chi connectivity index (χ0n) is 13.4. The van der Waals surface area contributed by atoms with Gasteiger partial charge in [0, 0.05) is 35.8 Å². The van der Waals surface area contributed by atoms with Crippen LogP contribution in [0.3, 0.4) is 0 Å². The summed E-state index contributed by atoms with van der Waals surface area (Å²) in [7, 11) is 1.69. The summed E-state index contributed by atoms with van der Waals surface area (Å²) >= 11 is 3.45. The van der Waals surface area contributed by atoms with Crippen molar-refractivity contribution >= 4 is 21.6 Å². The first kappa shape index (κ1) is 17.5. The van der Waals surface area contributed by atoms with Crippen molar-refractivity contribution in [1.82, 2.24) is 4.57 Å². The smallest absolute Gasteiger partial charge is 0.250 e.